The smallest absolute Gasteiger partial charge is 0.139 e. The maximum absolute atomic E-state index is 6.48. The summed E-state index contributed by atoms with van der Waals surface area (Å²) >= 11 is 6.48. The molecule has 0 atom stereocenters. The molecule has 0 aliphatic heterocycles. The highest BCUT2D eigenvalue weighted by Gasteiger charge is 2.22. The number of nitrogens with one attached hydrogen (secondary N) is 1. The molecule has 0 aliphatic carbocycles. The predicted octanol–water partition coefficient (Wildman–Crippen LogP) is 18.2. The second kappa shape index (κ2) is 17.9. The zero-order chi connectivity index (χ0) is 44.2. The van der Waals surface area contributed by atoms with Crippen LogP contribution in [0.1, 0.15) is 0 Å². The molecule has 66 heavy (non-hydrogen) atoms. The molecule has 12 aromatic rings. The molecule has 316 valence electrons. The Balaban J connectivity index is 0.000000156. The SMILES string of the molecule is Clc1cc(N(c2ccccc2)c2ccccc2)c2c(c1)oc1ccccc12.c1ccc(-c2ccccc2Nc2cc(N(c3ccccc3)c3ccccc3)c3c(c2)oc2ccccc23)cc1. The second-order valence-corrected chi connectivity index (χ2v) is 16.3. The van der Waals surface area contributed by atoms with Crippen molar-refractivity contribution < 1.29 is 8.83 Å². The summed E-state index contributed by atoms with van der Waals surface area (Å²) in [5.74, 6) is 0. The van der Waals surface area contributed by atoms with E-state index in [9.17, 15) is 0 Å². The van der Waals surface area contributed by atoms with Crippen molar-refractivity contribution in [2.45, 2.75) is 0 Å². The van der Waals surface area contributed by atoms with Crippen molar-refractivity contribution in [3.05, 3.63) is 254 Å². The largest absolute Gasteiger partial charge is 0.456 e. The molecule has 1 N–H and O–H groups in total. The molecule has 0 bridgehead atoms. The van der Waals surface area contributed by atoms with Crippen LogP contribution in [0.25, 0.3) is 55.0 Å². The van der Waals surface area contributed by atoms with Gasteiger partial charge in [0.1, 0.15) is 22.3 Å². The lowest BCUT2D eigenvalue weighted by Crippen LogP contribution is -2.10. The maximum Gasteiger partial charge on any atom is 0.139 e. The quantitative estimate of drug-likeness (QED) is 0.157. The molecule has 0 fully saturated rings. The molecule has 2 heterocycles. The maximum atomic E-state index is 6.48. The van der Waals surface area contributed by atoms with E-state index in [2.05, 4.69) is 167 Å². The third-order valence-corrected chi connectivity index (χ3v) is 11.9. The Hall–Kier alpha value is -8.51. The minimum absolute atomic E-state index is 0.647. The van der Waals surface area contributed by atoms with Crippen molar-refractivity contribution in [2.24, 2.45) is 0 Å². The fourth-order valence-electron chi connectivity index (χ4n) is 8.84. The number of halogens is 1. The molecule has 0 saturated carbocycles. The Morgan fingerprint density at radius 3 is 1.24 bits per heavy atom. The van der Waals surface area contributed by atoms with Gasteiger partial charge < -0.3 is 24.0 Å². The summed E-state index contributed by atoms with van der Waals surface area (Å²) in [6, 6.07) is 85.1. The van der Waals surface area contributed by atoms with E-state index in [-0.39, 0.29) is 0 Å². The number of furan rings is 2. The first kappa shape index (κ1) is 40.3. The van der Waals surface area contributed by atoms with Crippen molar-refractivity contribution in [1.82, 2.24) is 0 Å². The molecule has 12 rings (SSSR count). The van der Waals surface area contributed by atoms with E-state index in [1.165, 1.54) is 5.56 Å². The number of benzene rings is 10. The average Bonchev–Trinajstić information content (AvgIpc) is 3.94. The van der Waals surface area contributed by atoms with Gasteiger partial charge in [0.2, 0.25) is 0 Å². The number of anilines is 8. The summed E-state index contributed by atoms with van der Waals surface area (Å²) in [7, 11) is 0. The van der Waals surface area contributed by atoms with Gasteiger partial charge in [-0.25, -0.2) is 0 Å². The highest BCUT2D eigenvalue weighted by Crippen LogP contribution is 2.46. The second-order valence-electron chi connectivity index (χ2n) is 15.9. The molecule has 0 spiro atoms. The van der Waals surface area contributed by atoms with E-state index in [0.717, 1.165) is 94.9 Å². The standard InChI is InChI=1S/C36H26N2O.C24H16ClNO/c1-4-14-26(15-5-1)30-20-10-12-22-32(30)37-27-24-33(36-31-21-11-13-23-34(31)39-35(36)25-27)38(28-16-6-2-7-17-28)29-18-8-3-9-19-29;25-17-15-21(24-20-13-7-8-14-22(20)27-23(24)16-17)26(18-9-3-1-4-10-18)19-11-5-2-6-12-19/h1-25,37H;1-16H. The molecule has 0 aliphatic rings. The lowest BCUT2D eigenvalue weighted by molar-refractivity contribution is 0.668. The fraction of sp³-hybridized carbons (Fsp3) is 0. The Kier molecular flexibility index (Phi) is 10.9. The van der Waals surface area contributed by atoms with Gasteiger partial charge >= 0.3 is 0 Å². The van der Waals surface area contributed by atoms with E-state index < -0.39 is 0 Å². The van der Waals surface area contributed by atoms with Crippen LogP contribution in [0.3, 0.4) is 0 Å². The van der Waals surface area contributed by atoms with E-state index in [1.807, 2.05) is 97.1 Å². The van der Waals surface area contributed by atoms with Gasteiger partial charge in [-0.1, -0.05) is 169 Å². The van der Waals surface area contributed by atoms with E-state index >= 15 is 0 Å². The molecule has 10 aromatic carbocycles. The third-order valence-electron chi connectivity index (χ3n) is 11.7. The normalized spacial score (nSPS) is 11.1. The Labute approximate surface area is 388 Å². The number of fused-ring (bicyclic) bond motifs is 6. The van der Waals surface area contributed by atoms with Crippen LogP contribution in [-0.2, 0) is 0 Å². The number of para-hydroxylation sites is 7. The molecule has 0 amide bonds. The molecular weight excluding hydrogens is 830 g/mol. The Morgan fingerprint density at radius 2 is 0.742 bits per heavy atom. The van der Waals surface area contributed by atoms with Crippen LogP contribution in [0.5, 0.6) is 0 Å². The summed E-state index contributed by atoms with van der Waals surface area (Å²) in [5.41, 5.74) is 14.0. The minimum Gasteiger partial charge on any atom is -0.456 e. The van der Waals surface area contributed by atoms with Crippen molar-refractivity contribution in [1.29, 1.82) is 0 Å². The molecule has 0 radical (unpaired) electrons. The van der Waals surface area contributed by atoms with Crippen molar-refractivity contribution >= 4 is 101 Å². The summed E-state index contributed by atoms with van der Waals surface area (Å²) in [5, 5.41) is 8.68. The van der Waals surface area contributed by atoms with Crippen LogP contribution < -0.4 is 15.1 Å². The number of rotatable bonds is 9. The number of nitrogens with zero attached hydrogens (tertiary/aromatic N) is 2. The van der Waals surface area contributed by atoms with Gasteiger partial charge in [0.15, 0.2) is 0 Å². The van der Waals surface area contributed by atoms with Crippen molar-refractivity contribution in [3.63, 3.8) is 0 Å². The van der Waals surface area contributed by atoms with E-state index in [4.69, 9.17) is 20.4 Å². The zero-order valence-electron chi connectivity index (χ0n) is 35.8. The van der Waals surface area contributed by atoms with E-state index in [1.54, 1.807) is 0 Å². The summed E-state index contributed by atoms with van der Waals surface area (Å²) in [4.78, 5) is 4.52. The highest BCUT2D eigenvalue weighted by atomic mass is 35.5. The van der Waals surface area contributed by atoms with Gasteiger partial charge in [-0.2, -0.15) is 0 Å². The highest BCUT2D eigenvalue weighted by molar-refractivity contribution is 6.32. The van der Waals surface area contributed by atoms with Gasteiger partial charge in [-0.15, -0.1) is 0 Å². The first-order chi connectivity index (χ1) is 32.7. The lowest BCUT2D eigenvalue weighted by atomic mass is 10.0. The van der Waals surface area contributed by atoms with Gasteiger partial charge in [0, 0.05) is 67.6 Å². The summed E-state index contributed by atoms with van der Waals surface area (Å²) in [6.07, 6.45) is 0. The number of hydrogen-bond donors (Lipinski definition) is 1. The van der Waals surface area contributed by atoms with Crippen LogP contribution in [0.2, 0.25) is 5.02 Å². The molecule has 6 heteroatoms. The van der Waals surface area contributed by atoms with Gasteiger partial charge in [-0.05, 0) is 84.4 Å². The Morgan fingerprint density at radius 1 is 0.348 bits per heavy atom. The van der Waals surface area contributed by atoms with Crippen LogP contribution in [0.4, 0.5) is 45.5 Å². The fourth-order valence-corrected chi connectivity index (χ4v) is 9.04. The van der Waals surface area contributed by atoms with Gasteiger partial charge in [0.05, 0.1) is 22.1 Å². The predicted molar refractivity (Wildman–Crippen MR) is 277 cm³/mol. The van der Waals surface area contributed by atoms with E-state index in [0.29, 0.717) is 5.02 Å². The monoisotopic (exact) mass is 871 g/mol. The average molecular weight is 872 g/mol. The van der Waals surface area contributed by atoms with Crippen LogP contribution in [0.15, 0.2) is 258 Å². The minimum atomic E-state index is 0.647. The molecular formula is C60H42ClN3O2. The van der Waals surface area contributed by atoms with Crippen molar-refractivity contribution in [2.75, 3.05) is 15.1 Å². The lowest BCUT2D eigenvalue weighted by Gasteiger charge is -2.27. The van der Waals surface area contributed by atoms with Gasteiger partial charge in [0.25, 0.3) is 0 Å². The van der Waals surface area contributed by atoms with Gasteiger partial charge in [-0.3, -0.25) is 0 Å². The van der Waals surface area contributed by atoms with Crippen LogP contribution in [0, 0.1) is 0 Å². The molecule has 0 unspecified atom stereocenters. The third kappa shape index (κ3) is 7.89. The summed E-state index contributed by atoms with van der Waals surface area (Å²) in [6.45, 7) is 0. The van der Waals surface area contributed by atoms with Crippen LogP contribution in [-0.4, -0.2) is 0 Å². The number of hydrogen-bond acceptors (Lipinski definition) is 5. The topological polar surface area (TPSA) is 44.8 Å². The zero-order valence-corrected chi connectivity index (χ0v) is 36.5. The first-order valence-electron chi connectivity index (χ1n) is 21.9. The van der Waals surface area contributed by atoms with Crippen LogP contribution >= 0.6 is 11.6 Å². The first-order valence-corrected chi connectivity index (χ1v) is 22.3. The Bertz CT molecular complexity index is 3500. The molecule has 5 nitrogen and oxygen atoms in total. The molecule has 0 saturated heterocycles. The van der Waals surface area contributed by atoms with Crippen molar-refractivity contribution in [3.8, 4) is 11.1 Å². The summed E-state index contributed by atoms with van der Waals surface area (Å²) < 4.78 is 12.5. The molecule has 2 aromatic heterocycles.